The third kappa shape index (κ3) is 1.48. The minimum atomic E-state index is 0.583. The Balaban J connectivity index is 2.39. The van der Waals surface area contributed by atoms with E-state index >= 15 is 0 Å². The molecule has 0 saturated carbocycles. The van der Waals surface area contributed by atoms with E-state index in [1.165, 1.54) is 17.7 Å². The van der Waals surface area contributed by atoms with Crippen molar-refractivity contribution in [3.05, 3.63) is 23.8 Å². The van der Waals surface area contributed by atoms with Crippen LogP contribution in [0.3, 0.4) is 0 Å². The predicted octanol–water partition coefficient (Wildman–Crippen LogP) is 2.44. The third-order valence-corrected chi connectivity index (χ3v) is 2.58. The molecule has 2 heteroatoms. The second-order valence-electron chi connectivity index (χ2n) is 3.57. The van der Waals surface area contributed by atoms with Crippen LogP contribution in [0.25, 0.3) is 0 Å². The van der Waals surface area contributed by atoms with Gasteiger partial charge in [0.1, 0.15) is 5.75 Å². The molecular formula is C11H15NO. The normalized spacial score (nSPS) is 20.3. The van der Waals surface area contributed by atoms with Crippen LogP contribution in [0.2, 0.25) is 0 Å². The van der Waals surface area contributed by atoms with Gasteiger partial charge in [-0.05, 0) is 31.9 Å². The first kappa shape index (κ1) is 8.42. The van der Waals surface area contributed by atoms with Crippen molar-refractivity contribution in [2.75, 3.05) is 12.4 Å². The van der Waals surface area contributed by atoms with E-state index in [4.69, 9.17) is 4.74 Å². The highest BCUT2D eigenvalue weighted by molar-refractivity contribution is 5.59. The number of fused-ring (bicyclic) bond motifs is 1. The summed E-state index contributed by atoms with van der Waals surface area (Å²) in [7, 11) is 1.73. The number of methoxy groups -OCH3 is 1. The molecule has 1 aromatic rings. The maximum atomic E-state index is 5.31. The molecule has 13 heavy (non-hydrogen) atoms. The van der Waals surface area contributed by atoms with Crippen molar-refractivity contribution in [3.8, 4) is 5.75 Å². The second kappa shape index (κ2) is 3.29. The summed E-state index contributed by atoms with van der Waals surface area (Å²) < 4.78 is 5.31. The van der Waals surface area contributed by atoms with E-state index in [9.17, 15) is 0 Å². The number of hydrogen-bond acceptors (Lipinski definition) is 2. The lowest BCUT2D eigenvalue weighted by atomic mass is 9.98. The first-order valence-corrected chi connectivity index (χ1v) is 4.73. The van der Waals surface area contributed by atoms with Gasteiger partial charge in [0.05, 0.1) is 7.11 Å². The molecule has 0 fully saturated rings. The molecule has 1 unspecified atom stereocenters. The number of ether oxygens (including phenoxy) is 1. The van der Waals surface area contributed by atoms with Gasteiger partial charge in [0.25, 0.3) is 0 Å². The Hall–Kier alpha value is -1.18. The molecule has 1 aliphatic rings. The van der Waals surface area contributed by atoms with Crippen molar-refractivity contribution >= 4 is 5.69 Å². The van der Waals surface area contributed by atoms with Gasteiger partial charge in [-0.25, -0.2) is 0 Å². The Labute approximate surface area is 78.9 Å². The number of hydrogen-bond donors (Lipinski definition) is 1. The zero-order valence-electron chi connectivity index (χ0n) is 8.13. The molecule has 0 saturated heterocycles. The van der Waals surface area contributed by atoms with Gasteiger partial charge in [-0.1, -0.05) is 6.07 Å². The quantitative estimate of drug-likeness (QED) is 0.711. The fourth-order valence-corrected chi connectivity index (χ4v) is 1.85. The molecule has 1 atom stereocenters. The molecule has 2 rings (SSSR count). The van der Waals surface area contributed by atoms with E-state index in [1.807, 2.05) is 12.1 Å². The van der Waals surface area contributed by atoms with Crippen molar-refractivity contribution in [2.24, 2.45) is 0 Å². The maximum absolute atomic E-state index is 5.31. The third-order valence-electron chi connectivity index (χ3n) is 2.58. The lowest BCUT2D eigenvalue weighted by Gasteiger charge is -2.25. The Morgan fingerprint density at radius 3 is 3.08 bits per heavy atom. The minimum absolute atomic E-state index is 0.583. The van der Waals surface area contributed by atoms with Gasteiger partial charge in [0, 0.05) is 17.3 Å². The fraction of sp³-hybridized carbons (Fsp3) is 0.455. The summed E-state index contributed by atoms with van der Waals surface area (Å²) in [6, 6.07) is 6.76. The topological polar surface area (TPSA) is 21.3 Å². The monoisotopic (exact) mass is 177 g/mol. The van der Waals surface area contributed by atoms with Crippen molar-refractivity contribution in [1.29, 1.82) is 0 Å². The largest absolute Gasteiger partial charge is 0.496 e. The second-order valence-corrected chi connectivity index (χ2v) is 3.57. The van der Waals surface area contributed by atoms with Crippen molar-refractivity contribution in [3.63, 3.8) is 0 Å². The van der Waals surface area contributed by atoms with E-state index in [0.29, 0.717) is 6.04 Å². The van der Waals surface area contributed by atoms with Crippen LogP contribution in [0, 0.1) is 0 Å². The van der Waals surface area contributed by atoms with Crippen LogP contribution in [0.15, 0.2) is 18.2 Å². The molecule has 0 radical (unpaired) electrons. The zero-order chi connectivity index (χ0) is 9.26. The molecule has 1 heterocycles. The van der Waals surface area contributed by atoms with Gasteiger partial charge < -0.3 is 10.1 Å². The van der Waals surface area contributed by atoms with E-state index in [-0.39, 0.29) is 0 Å². The van der Waals surface area contributed by atoms with Crippen molar-refractivity contribution < 1.29 is 4.74 Å². The minimum Gasteiger partial charge on any atom is -0.496 e. The number of rotatable bonds is 1. The molecule has 1 aliphatic heterocycles. The Bertz CT molecular complexity index is 309. The van der Waals surface area contributed by atoms with E-state index in [0.717, 1.165) is 12.2 Å². The first-order valence-electron chi connectivity index (χ1n) is 4.73. The van der Waals surface area contributed by atoms with Gasteiger partial charge in [0.15, 0.2) is 0 Å². The summed E-state index contributed by atoms with van der Waals surface area (Å²) in [5.74, 6) is 1.01. The van der Waals surface area contributed by atoms with Crippen LogP contribution < -0.4 is 10.1 Å². The Kier molecular flexibility index (Phi) is 2.13. The Morgan fingerprint density at radius 2 is 2.31 bits per heavy atom. The van der Waals surface area contributed by atoms with Crippen molar-refractivity contribution in [2.45, 2.75) is 25.8 Å². The van der Waals surface area contributed by atoms with Crippen LogP contribution in [-0.4, -0.2) is 13.2 Å². The van der Waals surface area contributed by atoms with Gasteiger partial charge in [-0.15, -0.1) is 0 Å². The molecule has 70 valence electrons. The Morgan fingerprint density at radius 1 is 1.46 bits per heavy atom. The van der Waals surface area contributed by atoms with E-state index in [1.54, 1.807) is 7.11 Å². The zero-order valence-corrected chi connectivity index (χ0v) is 8.13. The lowest BCUT2D eigenvalue weighted by molar-refractivity contribution is 0.408. The summed E-state index contributed by atoms with van der Waals surface area (Å²) in [6.45, 7) is 2.21. The maximum Gasteiger partial charge on any atom is 0.124 e. The first-order chi connectivity index (χ1) is 6.31. The number of benzene rings is 1. The standard InChI is InChI=1S/C11H15NO/c1-8-6-7-9-10(12-8)4-3-5-11(9)13-2/h3-5,8,12H,6-7H2,1-2H3. The van der Waals surface area contributed by atoms with Gasteiger partial charge in [-0.2, -0.15) is 0 Å². The van der Waals surface area contributed by atoms with E-state index in [2.05, 4.69) is 18.3 Å². The SMILES string of the molecule is COc1cccc2c1CCC(C)N2. The number of anilines is 1. The van der Waals surface area contributed by atoms with Crippen LogP contribution in [0.4, 0.5) is 5.69 Å². The highest BCUT2D eigenvalue weighted by atomic mass is 16.5. The molecule has 1 aromatic carbocycles. The highest BCUT2D eigenvalue weighted by Crippen LogP contribution is 2.31. The smallest absolute Gasteiger partial charge is 0.124 e. The molecular weight excluding hydrogens is 162 g/mol. The molecule has 0 aromatic heterocycles. The summed E-state index contributed by atoms with van der Waals surface area (Å²) >= 11 is 0. The predicted molar refractivity (Wildman–Crippen MR) is 54.4 cm³/mol. The summed E-state index contributed by atoms with van der Waals surface area (Å²) in [6.07, 6.45) is 2.31. The van der Waals surface area contributed by atoms with Gasteiger partial charge >= 0.3 is 0 Å². The summed E-state index contributed by atoms with van der Waals surface area (Å²) in [5.41, 5.74) is 2.56. The van der Waals surface area contributed by atoms with E-state index < -0.39 is 0 Å². The van der Waals surface area contributed by atoms with Crippen LogP contribution in [-0.2, 0) is 6.42 Å². The number of nitrogens with one attached hydrogen (secondary N) is 1. The van der Waals surface area contributed by atoms with Crippen LogP contribution in [0.5, 0.6) is 5.75 Å². The molecule has 0 bridgehead atoms. The molecule has 0 spiro atoms. The summed E-state index contributed by atoms with van der Waals surface area (Å²) in [4.78, 5) is 0. The van der Waals surface area contributed by atoms with Crippen molar-refractivity contribution in [1.82, 2.24) is 0 Å². The van der Waals surface area contributed by atoms with Gasteiger partial charge in [-0.3, -0.25) is 0 Å². The van der Waals surface area contributed by atoms with Crippen LogP contribution in [0.1, 0.15) is 18.9 Å². The molecule has 0 aliphatic carbocycles. The van der Waals surface area contributed by atoms with Crippen LogP contribution >= 0.6 is 0 Å². The average molecular weight is 177 g/mol. The molecule has 1 N–H and O–H groups in total. The lowest BCUT2D eigenvalue weighted by Crippen LogP contribution is -2.22. The molecule has 0 amide bonds. The summed E-state index contributed by atoms with van der Waals surface area (Å²) in [5, 5.41) is 3.45. The fourth-order valence-electron chi connectivity index (χ4n) is 1.85. The highest BCUT2D eigenvalue weighted by Gasteiger charge is 2.16. The molecule has 2 nitrogen and oxygen atoms in total. The van der Waals surface area contributed by atoms with Gasteiger partial charge in [0.2, 0.25) is 0 Å². The average Bonchev–Trinajstić information content (AvgIpc) is 2.16.